The van der Waals surface area contributed by atoms with Crippen LogP contribution < -0.4 is 5.32 Å². The van der Waals surface area contributed by atoms with E-state index < -0.39 is 0 Å². The standard InChI is InChI=1S/C7H15N5/c1-8-6-9-5-10-7(11(2)3)12(6)4/h5H2,1-4H3,(H,8,9). The molecule has 1 rings (SSSR count). The molecule has 0 aromatic carbocycles. The molecule has 1 aliphatic heterocycles. The van der Waals surface area contributed by atoms with E-state index in [9.17, 15) is 0 Å². The number of nitrogens with zero attached hydrogens (tertiary/aromatic N) is 4. The molecule has 5 nitrogen and oxygen atoms in total. The van der Waals surface area contributed by atoms with E-state index in [1.807, 2.05) is 30.9 Å². The van der Waals surface area contributed by atoms with Crippen molar-refractivity contribution in [2.75, 3.05) is 34.9 Å². The van der Waals surface area contributed by atoms with Crippen LogP contribution in [-0.4, -0.2) is 56.6 Å². The molecule has 0 aromatic heterocycles. The Kier molecular flexibility index (Phi) is 2.52. The summed E-state index contributed by atoms with van der Waals surface area (Å²) < 4.78 is 0. The van der Waals surface area contributed by atoms with E-state index in [4.69, 9.17) is 0 Å². The highest BCUT2D eigenvalue weighted by atomic mass is 15.4. The second-order valence-electron chi connectivity index (χ2n) is 2.79. The summed E-state index contributed by atoms with van der Waals surface area (Å²) in [6.45, 7) is 0.602. The van der Waals surface area contributed by atoms with E-state index in [1.165, 1.54) is 0 Å². The van der Waals surface area contributed by atoms with Gasteiger partial charge in [-0.3, -0.25) is 9.89 Å². The largest absolute Gasteiger partial charge is 0.349 e. The van der Waals surface area contributed by atoms with Crippen LogP contribution in [0.2, 0.25) is 0 Å². The van der Waals surface area contributed by atoms with Gasteiger partial charge in [-0.25, -0.2) is 4.99 Å². The third-order valence-electron chi connectivity index (χ3n) is 1.69. The van der Waals surface area contributed by atoms with Crippen molar-refractivity contribution in [3.8, 4) is 0 Å². The first-order valence-electron chi connectivity index (χ1n) is 3.83. The molecule has 0 saturated heterocycles. The highest BCUT2D eigenvalue weighted by molar-refractivity contribution is 5.99. The Hall–Kier alpha value is -1.26. The lowest BCUT2D eigenvalue weighted by Gasteiger charge is -2.30. The molecule has 0 atom stereocenters. The zero-order chi connectivity index (χ0) is 9.14. The van der Waals surface area contributed by atoms with Crippen LogP contribution >= 0.6 is 0 Å². The molecule has 0 bridgehead atoms. The normalized spacial score (nSPS) is 20.5. The molecule has 0 spiro atoms. The Balaban J connectivity index is 2.82. The monoisotopic (exact) mass is 169 g/mol. The van der Waals surface area contributed by atoms with E-state index >= 15 is 0 Å². The lowest BCUT2D eigenvalue weighted by Crippen LogP contribution is -2.51. The molecule has 0 radical (unpaired) electrons. The van der Waals surface area contributed by atoms with Gasteiger partial charge in [0, 0.05) is 28.2 Å². The molecule has 68 valence electrons. The summed E-state index contributed by atoms with van der Waals surface area (Å²) in [5.74, 6) is 1.78. The van der Waals surface area contributed by atoms with Crippen LogP contribution in [0.15, 0.2) is 9.98 Å². The Bertz CT molecular complexity index is 218. The maximum Gasteiger partial charge on any atom is 0.204 e. The molecule has 0 fully saturated rings. The van der Waals surface area contributed by atoms with Gasteiger partial charge in [0.1, 0.15) is 6.67 Å². The van der Waals surface area contributed by atoms with E-state index in [0.717, 1.165) is 11.9 Å². The maximum absolute atomic E-state index is 4.28. The van der Waals surface area contributed by atoms with Crippen molar-refractivity contribution in [3.05, 3.63) is 0 Å². The first-order valence-corrected chi connectivity index (χ1v) is 3.83. The van der Waals surface area contributed by atoms with Crippen molar-refractivity contribution < 1.29 is 0 Å². The summed E-state index contributed by atoms with van der Waals surface area (Å²) in [5.41, 5.74) is 0. The van der Waals surface area contributed by atoms with Crippen molar-refractivity contribution in [1.29, 1.82) is 0 Å². The van der Waals surface area contributed by atoms with Gasteiger partial charge in [-0.15, -0.1) is 0 Å². The fraction of sp³-hybridized carbons (Fsp3) is 0.714. The minimum atomic E-state index is 0.602. The highest BCUT2D eigenvalue weighted by Gasteiger charge is 2.17. The number of rotatable bonds is 0. The molecule has 0 unspecified atom stereocenters. The van der Waals surface area contributed by atoms with Crippen LogP contribution in [-0.2, 0) is 0 Å². The quantitative estimate of drug-likeness (QED) is 0.525. The van der Waals surface area contributed by atoms with Crippen molar-refractivity contribution >= 4 is 11.9 Å². The van der Waals surface area contributed by atoms with Crippen LogP contribution in [0.4, 0.5) is 0 Å². The van der Waals surface area contributed by atoms with Gasteiger partial charge in [-0.2, -0.15) is 0 Å². The van der Waals surface area contributed by atoms with E-state index in [-0.39, 0.29) is 0 Å². The Morgan fingerprint density at radius 3 is 2.75 bits per heavy atom. The molecule has 5 heteroatoms. The third kappa shape index (κ3) is 1.49. The van der Waals surface area contributed by atoms with E-state index in [0.29, 0.717) is 6.67 Å². The molecular weight excluding hydrogens is 154 g/mol. The van der Waals surface area contributed by atoms with Gasteiger partial charge >= 0.3 is 0 Å². The van der Waals surface area contributed by atoms with Gasteiger partial charge in [0.05, 0.1) is 0 Å². The topological polar surface area (TPSA) is 43.2 Å². The zero-order valence-electron chi connectivity index (χ0n) is 8.00. The molecule has 12 heavy (non-hydrogen) atoms. The zero-order valence-corrected chi connectivity index (χ0v) is 8.00. The van der Waals surface area contributed by atoms with Gasteiger partial charge in [-0.05, 0) is 0 Å². The van der Waals surface area contributed by atoms with E-state index in [2.05, 4.69) is 15.3 Å². The Morgan fingerprint density at radius 2 is 2.25 bits per heavy atom. The number of aliphatic imine (C=N–C) groups is 2. The number of guanidine groups is 2. The first-order chi connectivity index (χ1) is 5.66. The maximum atomic E-state index is 4.28. The van der Waals surface area contributed by atoms with Gasteiger partial charge < -0.3 is 10.2 Å². The summed E-state index contributed by atoms with van der Waals surface area (Å²) in [5, 5.41) is 3.07. The summed E-state index contributed by atoms with van der Waals surface area (Å²) >= 11 is 0. The van der Waals surface area contributed by atoms with Crippen LogP contribution in [0.1, 0.15) is 0 Å². The molecule has 0 saturated carbocycles. The van der Waals surface area contributed by atoms with Crippen molar-refractivity contribution in [3.63, 3.8) is 0 Å². The van der Waals surface area contributed by atoms with Crippen molar-refractivity contribution in [1.82, 2.24) is 15.1 Å². The van der Waals surface area contributed by atoms with Gasteiger partial charge in [0.15, 0.2) is 0 Å². The molecule has 1 heterocycles. The fourth-order valence-electron chi connectivity index (χ4n) is 1.17. The van der Waals surface area contributed by atoms with Crippen molar-refractivity contribution in [2.24, 2.45) is 9.98 Å². The average Bonchev–Trinajstić information content (AvgIpc) is 2.04. The van der Waals surface area contributed by atoms with Crippen LogP contribution in [0, 0.1) is 0 Å². The minimum Gasteiger partial charge on any atom is -0.349 e. The molecule has 0 aliphatic carbocycles. The molecule has 1 N–H and O–H groups in total. The lowest BCUT2D eigenvalue weighted by atomic mass is 10.6. The molecule has 0 aromatic rings. The van der Waals surface area contributed by atoms with Crippen molar-refractivity contribution in [2.45, 2.75) is 0 Å². The van der Waals surface area contributed by atoms with Crippen LogP contribution in [0.3, 0.4) is 0 Å². The molecular formula is C7H15N5. The fourth-order valence-corrected chi connectivity index (χ4v) is 1.17. The first kappa shape index (κ1) is 8.83. The van der Waals surface area contributed by atoms with Crippen LogP contribution in [0.25, 0.3) is 0 Å². The third-order valence-corrected chi connectivity index (χ3v) is 1.69. The SMILES string of the molecule is CN=C1NCN=C(N(C)C)N1C. The second-order valence-corrected chi connectivity index (χ2v) is 2.79. The number of hydrogen-bond acceptors (Lipinski definition) is 3. The average molecular weight is 169 g/mol. The number of nitrogens with one attached hydrogen (secondary N) is 1. The summed E-state index contributed by atoms with van der Waals surface area (Å²) in [6, 6.07) is 0. The van der Waals surface area contributed by atoms with Gasteiger partial charge in [-0.1, -0.05) is 0 Å². The minimum absolute atomic E-state index is 0.602. The lowest BCUT2D eigenvalue weighted by molar-refractivity contribution is 0.501. The van der Waals surface area contributed by atoms with Crippen LogP contribution in [0.5, 0.6) is 0 Å². The summed E-state index contributed by atoms with van der Waals surface area (Å²) in [4.78, 5) is 12.3. The number of hydrogen-bond donors (Lipinski definition) is 1. The predicted molar refractivity (Wildman–Crippen MR) is 50.2 cm³/mol. The van der Waals surface area contributed by atoms with E-state index in [1.54, 1.807) is 7.05 Å². The predicted octanol–water partition coefficient (Wildman–Crippen LogP) is -0.618. The summed E-state index contributed by atoms with van der Waals surface area (Å²) in [6.07, 6.45) is 0. The highest BCUT2D eigenvalue weighted by Crippen LogP contribution is 1.97. The molecule has 0 amide bonds. The molecule has 1 aliphatic rings. The second kappa shape index (κ2) is 3.42. The van der Waals surface area contributed by atoms with Gasteiger partial charge in [0.25, 0.3) is 0 Å². The van der Waals surface area contributed by atoms with Gasteiger partial charge in [0.2, 0.25) is 11.9 Å². The Labute approximate surface area is 72.8 Å². The smallest absolute Gasteiger partial charge is 0.204 e. The summed E-state index contributed by atoms with van der Waals surface area (Å²) in [7, 11) is 7.63. The Morgan fingerprint density at radius 1 is 1.58 bits per heavy atom.